The second kappa shape index (κ2) is 9.16. The van der Waals surface area contributed by atoms with Crippen molar-refractivity contribution in [3.63, 3.8) is 0 Å². The summed E-state index contributed by atoms with van der Waals surface area (Å²) < 4.78 is 7.76. The molecule has 3 rings (SSSR count). The van der Waals surface area contributed by atoms with Crippen molar-refractivity contribution in [3.05, 3.63) is 59.7 Å². The first-order valence-electron chi connectivity index (χ1n) is 8.83. The third-order valence-electron chi connectivity index (χ3n) is 3.91. The average Bonchev–Trinajstić information content (AvgIpc) is 2.55. The Bertz CT molecular complexity index is 619. The van der Waals surface area contributed by atoms with Crippen LogP contribution in [0, 0.1) is 6.92 Å². The Hall–Kier alpha value is -1.43. The molecule has 0 unspecified atom stereocenters. The van der Waals surface area contributed by atoms with E-state index in [0.717, 1.165) is 21.9 Å². The van der Waals surface area contributed by atoms with Crippen LogP contribution in [0.1, 0.15) is 38.8 Å². The van der Waals surface area contributed by atoms with Crippen molar-refractivity contribution >= 4 is 20.9 Å². The van der Waals surface area contributed by atoms with Crippen molar-refractivity contribution in [2.45, 2.75) is 50.7 Å². The number of anilines is 1. The van der Waals surface area contributed by atoms with Crippen molar-refractivity contribution in [3.8, 4) is 5.75 Å². The van der Waals surface area contributed by atoms with Gasteiger partial charge in [0.1, 0.15) is 5.75 Å². The summed E-state index contributed by atoms with van der Waals surface area (Å²) in [6.45, 7) is 12.8. The van der Waals surface area contributed by atoms with E-state index in [0.29, 0.717) is 22.0 Å². The minimum atomic E-state index is 0.627. The molecule has 1 aliphatic heterocycles. The molecule has 0 amide bonds. The van der Waals surface area contributed by atoms with Crippen molar-refractivity contribution in [2.24, 2.45) is 0 Å². The minimum Gasteiger partial charge on any atom is -0.472 e. The van der Waals surface area contributed by atoms with Crippen LogP contribution in [0.4, 0.5) is 5.69 Å². The minimum absolute atomic E-state index is 0.627. The number of aryl methyl sites for hydroxylation is 1. The maximum absolute atomic E-state index is 5.85. The number of para-hydroxylation sites is 2. The first-order chi connectivity index (χ1) is 11.5. The molecule has 1 heterocycles. The van der Waals surface area contributed by atoms with Crippen LogP contribution in [0.5, 0.6) is 5.75 Å². The maximum atomic E-state index is 5.85. The van der Waals surface area contributed by atoms with E-state index < -0.39 is 0 Å². The van der Waals surface area contributed by atoms with Gasteiger partial charge >= 0.3 is 52.5 Å². The molecule has 0 N–H and O–H groups in total. The molecule has 3 heteroatoms. The fourth-order valence-corrected chi connectivity index (χ4v) is 4.55. The van der Waals surface area contributed by atoms with Gasteiger partial charge in [0.05, 0.1) is 0 Å². The summed E-state index contributed by atoms with van der Waals surface area (Å²) in [4.78, 5) is 2.24. The Morgan fingerprint density at radius 2 is 1.58 bits per heavy atom. The van der Waals surface area contributed by atoms with Crippen LogP contribution in [0.25, 0.3) is 0 Å². The van der Waals surface area contributed by atoms with Crippen molar-refractivity contribution in [2.75, 3.05) is 11.6 Å². The van der Waals surface area contributed by atoms with E-state index in [-0.39, 0.29) is 0 Å². The van der Waals surface area contributed by atoms with Crippen LogP contribution in [-0.4, -0.2) is 22.0 Å². The molecule has 2 aromatic carbocycles. The number of fused-ring (bicyclic) bond motifs is 1. The largest absolute Gasteiger partial charge is 0.472 e. The smallest absolute Gasteiger partial charge is 0.161 e. The predicted octanol–water partition coefficient (Wildman–Crippen LogP) is 5.70. The SMILES string of the molecule is C[CH](C)[Al+][CH](C)C.Cc1cccc2c1OCN(c1ccccc1)C2. The van der Waals surface area contributed by atoms with E-state index in [1.807, 2.05) is 6.07 Å². The summed E-state index contributed by atoms with van der Waals surface area (Å²) in [7, 11) is 0. The Morgan fingerprint density at radius 1 is 0.917 bits per heavy atom. The maximum Gasteiger partial charge on any atom is 0.161 e. The van der Waals surface area contributed by atoms with Gasteiger partial charge in [0, 0.05) is 17.8 Å². The number of benzene rings is 2. The van der Waals surface area contributed by atoms with Gasteiger partial charge in [-0.2, -0.15) is 0 Å². The molecule has 0 aromatic heterocycles. The molecule has 0 saturated carbocycles. The van der Waals surface area contributed by atoms with E-state index in [9.17, 15) is 0 Å². The number of nitrogens with zero attached hydrogens (tertiary/aromatic N) is 1. The summed E-state index contributed by atoms with van der Waals surface area (Å²) in [5.41, 5.74) is 3.69. The Labute approximate surface area is 153 Å². The summed E-state index contributed by atoms with van der Waals surface area (Å²) in [5.74, 6) is 1.06. The van der Waals surface area contributed by atoms with Gasteiger partial charge in [-0.15, -0.1) is 0 Å². The zero-order chi connectivity index (χ0) is 17.5. The third-order valence-corrected chi connectivity index (χ3v) is 5.45. The molecule has 2 aromatic rings. The van der Waals surface area contributed by atoms with Crippen molar-refractivity contribution in [1.82, 2.24) is 0 Å². The Balaban J connectivity index is 0.000000256. The van der Waals surface area contributed by atoms with Gasteiger partial charge in [-0.1, -0.05) is 36.4 Å². The first-order valence-corrected chi connectivity index (χ1v) is 10.2. The van der Waals surface area contributed by atoms with E-state index in [4.69, 9.17) is 4.74 Å². The summed E-state index contributed by atoms with van der Waals surface area (Å²) in [6, 6.07) is 16.7. The molecule has 1 aliphatic rings. The molecule has 0 bridgehead atoms. The molecular formula is C21H29AlNO+. The van der Waals surface area contributed by atoms with Crippen LogP contribution in [0.3, 0.4) is 0 Å². The van der Waals surface area contributed by atoms with Gasteiger partial charge in [-0.3, -0.25) is 0 Å². The van der Waals surface area contributed by atoms with E-state index in [1.165, 1.54) is 16.8 Å². The molecule has 126 valence electrons. The number of hydrogen-bond acceptors (Lipinski definition) is 2. The van der Waals surface area contributed by atoms with Crippen LogP contribution in [-0.2, 0) is 6.54 Å². The average molecular weight is 338 g/mol. The molecule has 0 radical (unpaired) electrons. The Kier molecular flexibility index (Phi) is 7.21. The fourth-order valence-electron chi connectivity index (χ4n) is 3.01. The zero-order valence-corrected chi connectivity index (χ0v) is 16.8. The Morgan fingerprint density at radius 3 is 2.17 bits per heavy atom. The normalized spacial score (nSPS) is 12.9. The zero-order valence-electron chi connectivity index (χ0n) is 15.6. The molecule has 2 nitrogen and oxygen atoms in total. The molecule has 0 aliphatic carbocycles. The van der Waals surface area contributed by atoms with Gasteiger partial charge in [0.15, 0.2) is 6.73 Å². The quantitative estimate of drug-likeness (QED) is 0.666. The van der Waals surface area contributed by atoms with Crippen LogP contribution in [0.15, 0.2) is 48.5 Å². The van der Waals surface area contributed by atoms with E-state index >= 15 is 0 Å². The number of rotatable bonds is 3. The fraction of sp³-hybridized carbons (Fsp3) is 0.429. The molecule has 0 spiro atoms. The van der Waals surface area contributed by atoms with Gasteiger partial charge in [-0.25, -0.2) is 0 Å². The summed E-state index contributed by atoms with van der Waals surface area (Å²) in [5, 5.41) is 0. The molecule has 0 saturated heterocycles. The van der Waals surface area contributed by atoms with Gasteiger partial charge < -0.3 is 9.64 Å². The monoisotopic (exact) mass is 338 g/mol. The van der Waals surface area contributed by atoms with Crippen LogP contribution in [0.2, 0.25) is 9.56 Å². The number of ether oxygens (including phenoxy) is 1. The molecule has 24 heavy (non-hydrogen) atoms. The number of hydrogen-bond donors (Lipinski definition) is 0. The van der Waals surface area contributed by atoms with Crippen molar-refractivity contribution in [1.29, 1.82) is 0 Å². The van der Waals surface area contributed by atoms with E-state index in [2.05, 4.69) is 82.0 Å². The predicted molar refractivity (Wildman–Crippen MR) is 105 cm³/mol. The standard InChI is InChI=1S/C15H15NO.2C3H7.Al/c1-12-6-5-7-13-10-16(11-17-15(12)13)14-8-3-2-4-9-14;2*1-3-2;/h2-9H,10-11H2,1H3;2*3H,1-2H3;/q;;;+1. The second-order valence-corrected chi connectivity index (χ2v) is 10.1. The van der Waals surface area contributed by atoms with Crippen LogP contribution >= 0.6 is 0 Å². The topological polar surface area (TPSA) is 12.5 Å². The summed E-state index contributed by atoms with van der Waals surface area (Å²) >= 11 is 0.713. The van der Waals surface area contributed by atoms with Gasteiger partial charge in [0.25, 0.3) is 0 Å². The molecular weight excluding hydrogens is 309 g/mol. The molecule has 0 fully saturated rings. The third kappa shape index (κ3) is 5.58. The van der Waals surface area contributed by atoms with Crippen molar-refractivity contribution < 1.29 is 4.74 Å². The summed E-state index contributed by atoms with van der Waals surface area (Å²) in [6.07, 6.45) is 0. The van der Waals surface area contributed by atoms with E-state index in [1.54, 1.807) is 0 Å². The van der Waals surface area contributed by atoms with Gasteiger partial charge in [-0.05, 0) is 24.6 Å². The van der Waals surface area contributed by atoms with Gasteiger partial charge in [0.2, 0.25) is 0 Å². The first kappa shape index (κ1) is 18.9. The molecule has 0 atom stereocenters. The second-order valence-electron chi connectivity index (χ2n) is 7.05. The van der Waals surface area contributed by atoms with Crippen LogP contribution < -0.4 is 9.64 Å².